The van der Waals surface area contributed by atoms with Crippen LogP contribution in [0.25, 0.3) is 22.1 Å². The normalized spacial score (nSPS) is 13.8. The summed E-state index contributed by atoms with van der Waals surface area (Å²) in [4.78, 5) is 49.1. The average molecular weight is 390 g/mol. The SMILES string of the molecule is CCn1c(=O)[nH]c(=O)c2c(C(=O)Nn3cnc4ccccc43)cc(C3CC3)nc21. The third kappa shape index (κ3) is 2.82. The lowest BCUT2D eigenvalue weighted by molar-refractivity contribution is 0.101. The zero-order valence-corrected chi connectivity index (χ0v) is 15.7. The summed E-state index contributed by atoms with van der Waals surface area (Å²) in [6.07, 6.45) is 3.47. The van der Waals surface area contributed by atoms with E-state index in [9.17, 15) is 14.4 Å². The number of carbonyl (C=O) groups excluding carboxylic acids is 1. The second-order valence-corrected chi connectivity index (χ2v) is 7.12. The second-order valence-electron chi connectivity index (χ2n) is 7.12. The molecule has 146 valence electrons. The van der Waals surface area contributed by atoms with E-state index in [0.717, 1.165) is 29.6 Å². The van der Waals surface area contributed by atoms with Gasteiger partial charge in [0.2, 0.25) is 0 Å². The molecule has 2 N–H and O–H groups in total. The van der Waals surface area contributed by atoms with Crippen molar-refractivity contribution < 1.29 is 4.79 Å². The molecule has 0 unspecified atom stereocenters. The van der Waals surface area contributed by atoms with Gasteiger partial charge in [-0.3, -0.25) is 24.6 Å². The van der Waals surface area contributed by atoms with Gasteiger partial charge in [0, 0.05) is 18.2 Å². The maximum absolute atomic E-state index is 13.2. The zero-order chi connectivity index (χ0) is 20.1. The van der Waals surface area contributed by atoms with Gasteiger partial charge in [0.25, 0.3) is 11.5 Å². The molecule has 3 heterocycles. The quantitative estimate of drug-likeness (QED) is 0.551. The number of carbonyl (C=O) groups is 1. The van der Waals surface area contributed by atoms with Gasteiger partial charge in [-0.1, -0.05) is 12.1 Å². The summed E-state index contributed by atoms with van der Waals surface area (Å²) < 4.78 is 2.90. The fraction of sp³-hybridized carbons (Fsp3) is 0.250. The Morgan fingerprint density at radius 2 is 2.07 bits per heavy atom. The van der Waals surface area contributed by atoms with E-state index in [1.165, 1.54) is 15.6 Å². The number of hydrogen-bond acceptors (Lipinski definition) is 5. The van der Waals surface area contributed by atoms with Crippen LogP contribution in [0.4, 0.5) is 0 Å². The Balaban J connectivity index is 1.70. The van der Waals surface area contributed by atoms with E-state index in [-0.39, 0.29) is 22.5 Å². The van der Waals surface area contributed by atoms with Gasteiger partial charge in [-0.05, 0) is 38.0 Å². The summed E-state index contributed by atoms with van der Waals surface area (Å²) in [6, 6.07) is 9.06. The van der Waals surface area contributed by atoms with Crippen LogP contribution in [0.3, 0.4) is 0 Å². The molecule has 0 spiro atoms. The van der Waals surface area contributed by atoms with E-state index in [1.807, 2.05) is 24.3 Å². The molecule has 1 amide bonds. The van der Waals surface area contributed by atoms with Crippen molar-refractivity contribution in [2.45, 2.75) is 32.2 Å². The van der Waals surface area contributed by atoms with Crippen LogP contribution in [0.2, 0.25) is 0 Å². The van der Waals surface area contributed by atoms with Gasteiger partial charge in [-0.2, -0.15) is 0 Å². The van der Waals surface area contributed by atoms with Crippen molar-refractivity contribution in [3.05, 3.63) is 68.8 Å². The van der Waals surface area contributed by atoms with Gasteiger partial charge >= 0.3 is 5.69 Å². The molecule has 0 radical (unpaired) electrons. The van der Waals surface area contributed by atoms with E-state index >= 15 is 0 Å². The Morgan fingerprint density at radius 1 is 1.28 bits per heavy atom. The van der Waals surface area contributed by atoms with E-state index in [2.05, 4.69) is 20.4 Å². The summed E-state index contributed by atoms with van der Waals surface area (Å²) in [5.74, 6) is -0.214. The molecule has 3 aromatic heterocycles. The Bertz CT molecular complexity index is 1390. The van der Waals surface area contributed by atoms with Crippen LogP contribution in [0.5, 0.6) is 0 Å². The highest BCUT2D eigenvalue weighted by Gasteiger charge is 2.28. The molecule has 29 heavy (non-hydrogen) atoms. The largest absolute Gasteiger partial charge is 0.329 e. The predicted molar refractivity (Wildman–Crippen MR) is 108 cm³/mol. The molecular formula is C20H18N6O3. The van der Waals surface area contributed by atoms with Gasteiger partial charge < -0.3 is 0 Å². The van der Waals surface area contributed by atoms with Gasteiger partial charge in [-0.25, -0.2) is 19.4 Å². The Hall–Kier alpha value is -3.75. The highest BCUT2D eigenvalue weighted by molar-refractivity contribution is 6.09. The van der Waals surface area contributed by atoms with Gasteiger partial charge in [0.05, 0.1) is 22.0 Å². The van der Waals surface area contributed by atoms with Crippen LogP contribution < -0.4 is 16.7 Å². The third-order valence-corrected chi connectivity index (χ3v) is 5.20. The van der Waals surface area contributed by atoms with Crippen LogP contribution in [0.15, 0.2) is 46.2 Å². The number of pyridine rings is 1. The van der Waals surface area contributed by atoms with Gasteiger partial charge in [0.1, 0.15) is 6.33 Å². The van der Waals surface area contributed by atoms with Crippen LogP contribution in [-0.4, -0.2) is 30.1 Å². The number of aromatic nitrogens is 5. The number of aromatic amines is 1. The average Bonchev–Trinajstić information content (AvgIpc) is 3.49. The first-order chi connectivity index (χ1) is 14.1. The maximum atomic E-state index is 13.2. The number of benzene rings is 1. The molecule has 0 bridgehead atoms. The molecule has 1 saturated carbocycles. The van der Waals surface area contributed by atoms with Crippen LogP contribution in [0.1, 0.15) is 41.7 Å². The lowest BCUT2D eigenvalue weighted by Crippen LogP contribution is -2.33. The van der Waals surface area contributed by atoms with Gasteiger partial charge in [-0.15, -0.1) is 0 Å². The highest BCUT2D eigenvalue weighted by atomic mass is 16.2. The van der Waals surface area contributed by atoms with Crippen molar-refractivity contribution in [2.75, 3.05) is 5.43 Å². The van der Waals surface area contributed by atoms with Crippen molar-refractivity contribution in [2.24, 2.45) is 0 Å². The summed E-state index contributed by atoms with van der Waals surface area (Å²) in [5.41, 5.74) is 4.27. The molecule has 1 aliphatic rings. The predicted octanol–water partition coefficient (Wildman–Crippen LogP) is 1.72. The summed E-state index contributed by atoms with van der Waals surface area (Å²) in [6.45, 7) is 2.13. The molecule has 9 nitrogen and oxygen atoms in total. The van der Waals surface area contributed by atoms with Crippen LogP contribution in [-0.2, 0) is 6.54 Å². The summed E-state index contributed by atoms with van der Waals surface area (Å²) >= 11 is 0. The topological polar surface area (TPSA) is 115 Å². The fourth-order valence-corrected chi connectivity index (χ4v) is 3.57. The lowest BCUT2D eigenvalue weighted by atomic mass is 10.1. The fourth-order valence-electron chi connectivity index (χ4n) is 3.57. The van der Waals surface area contributed by atoms with E-state index in [4.69, 9.17) is 0 Å². The number of aryl methyl sites for hydroxylation is 1. The highest BCUT2D eigenvalue weighted by Crippen LogP contribution is 2.39. The molecule has 1 aromatic carbocycles. The zero-order valence-electron chi connectivity index (χ0n) is 15.7. The van der Waals surface area contributed by atoms with E-state index in [0.29, 0.717) is 6.54 Å². The number of amides is 1. The molecule has 0 atom stereocenters. The number of fused-ring (bicyclic) bond motifs is 2. The molecule has 1 fully saturated rings. The third-order valence-electron chi connectivity index (χ3n) is 5.20. The van der Waals surface area contributed by atoms with E-state index < -0.39 is 17.2 Å². The molecule has 5 rings (SSSR count). The Labute approximate surface area is 164 Å². The molecule has 4 aromatic rings. The van der Waals surface area contributed by atoms with Crippen LogP contribution in [0, 0.1) is 0 Å². The standard InChI is InChI=1S/C20H18N6O3/c1-2-25-17-16(19(28)23-20(25)29)12(9-14(22-17)11-7-8-11)18(27)24-26-10-21-13-5-3-4-6-15(13)26/h3-6,9-11H,2,7-8H2,1H3,(H,24,27)(H,23,28,29). The number of H-pyrrole nitrogens is 1. The first kappa shape index (κ1) is 17.4. The Kier molecular flexibility index (Phi) is 3.83. The molecular weight excluding hydrogens is 372 g/mol. The minimum Gasteiger partial charge on any atom is -0.278 e. The summed E-state index contributed by atoms with van der Waals surface area (Å²) in [5, 5.41) is 0.109. The van der Waals surface area contributed by atoms with Crippen molar-refractivity contribution in [1.82, 2.24) is 24.2 Å². The molecule has 1 aliphatic carbocycles. The minimum atomic E-state index is -0.620. The number of imidazole rings is 1. The first-order valence-corrected chi connectivity index (χ1v) is 9.48. The number of nitrogens with one attached hydrogen (secondary N) is 2. The molecule has 0 saturated heterocycles. The lowest BCUT2D eigenvalue weighted by Gasteiger charge is -2.13. The number of para-hydroxylation sites is 2. The molecule has 0 aliphatic heterocycles. The monoisotopic (exact) mass is 390 g/mol. The number of hydrogen-bond donors (Lipinski definition) is 2. The number of rotatable bonds is 4. The minimum absolute atomic E-state index is 0.109. The van der Waals surface area contributed by atoms with Gasteiger partial charge in [0.15, 0.2) is 5.65 Å². The van der Waals surface area contributed by atoms with E-state index in [1.54, 1.807) is 13.0 Å². The van der Waals surface area contributed by atoms with Crippen LogP contribution >= 0.6 is 0 Å². The Morgan fingerprint density at radius 3 is 2.83 bits per heavy atom. The summed E-state index contributed by atoms with van der Waals surface area (Å²) in [7, 11) is 0. The number of nitrogens with zero attached hydrogens (tertiary/aromatic N) is 4. The second kappa shape index (κ2) is 6.40. The van der Waals surface area contributed by atoms with Crippen molar-refractivity contribution in [1.29, 1.82) is 0 Å². The van der Waals surface area contributed by atoms with Crippen molar-refractivity contribution in [3.63, 3.8) is 0 Å². The van der Waals surface area contributed by atoms with Crippen molar-refractivity contribution >= 4 is 28.0 Å². The maximum Gasteiger partial charge on any atom is 0.329 e. The van der Waals surface area contributed by atoms with Crippen molar-refractivity contribution in [3.8, 4) is 0 Å². The smallest absolute Gasteiger partial charge is 0.278 e. The first-order valence-electron chi connectivity index (χ1n) is 9.48. The molecule has 9 heteroatoms.